The number of hydrogen-bond acceptors (Lipinski definition) is 7. The van der Waals surface area contributed by atoms with Gasteiger partial charge in [0.05, 0.1) is 18.4 Å². The molecule has 1 aliphatic heterocycles. The number of piperidine rings is 1. The van der Waals surface area contributed by atoms with Crippen molar-refractivity contribution in [2.75, 3.05) is 31.7 Å². The van der Waals surface area contributed by atoms with Crippen LogP contribution in [0.25, 0.3) is 10.2 Å². The number of thiazole rings is 1. The Bertz CT molecular complexity index is 982. The highest BCUT2D eigenvalue weighted by Gasteiger charge is 2.23. The summed E-state index contributed by atoms with van der Waals surface area (Å²) in [5.74, 6) is 1.36. The third kappa shape index (κ3) is 3.87. The van der Waals surface area contributed by atoms with Gasteiger partial charge in [0, 0.05) is 25.4 Å². The minimum atomic E-state index is -0.550. The average Bonchev–Trinajstić information content (AvgIpc) is 3.17. The zero-order chi connectivity index (χ0) is 19.5. The van der Waals surface area contributed by atoms with Crippen LogP contribution in [0.2, 0.25) is 0 Å². The lowest BCUT2D eigenvalue weighted by molar-refractivity contribution is 0.0995. The van der Waals surface area contributed by atoms with E-state index in [9.17, 15) is 4.79 Å². The number of pyridine rings is 1. The van der Waals surface area contributed by atoms with Crippen molar-refractivity contribution in [2.24, 2.45) is 11.7 Å². The molecule has 3 aromatic rings. The summed E-state index contributed by atoms with van der Waals surface area (Å²) in [5, 5.41) is 1.04. The molecule has 7 nitrogen and oxygen atoms in total. The molecule has 1 aliphatic rings. The maximum absolute atomic E-state index is 11.2. The van der Waals surface area contributed by atoms with Crippen LogP contribution in [0.15, 0.2) is 36.5 Å². The topological polar surface area (TPSA) is 90.6 Å². The van der Waals surface area contributed by atoms with Crippen molar-refractivity contribution in [3.63, 3.8) is 0 Å². The van der Waals surface area contributed by atoms with Crippen LogP contribution in [0.4, 0.5) is 5.13 Å². The molecular formula is C20H22N4O3S. The summed E-state index contributed by atoms with van der Waals surface area (Å²) < 4.78 is 12.4. The van der Waals surface area contributed by atoms with Crippen molar-refractivity contribution in [2.45, 2.75) is 12.8 Å². The van der Waals surface area contributed by atoms with Crippen LogP contribution in [0, 0.1) is 5.92 Å². The zero-order valence-corrected chi connectivity index (χ0v) is 16.4. The van der Waals surface area contributed by atoms with Crippen molar-refractivity contribution in [1.29, 1.82) is 0 Å². The largest absolute Gasteiger partial charge is 0.494 e. The molecule has 2 aromatic heterocycles. The second-order valence-electron chi connectivity index (χ2n) is 6.79. The number of nitrogens with two attached hydrogens (primary N) is 1. The maximum atomic E-state index is 11.2. The van der Waals surface area contributed by atoms with Gasteiger partial charge >= 0.3 is 0 Å². The van der Waals surface area contributed by atoms with E-state index in [0.29, 0.717) is 18.3 Å². The first kappa shape index (κ1) is 18.5. The fourth-order valence-corrected chi connectivity index (χ4v) is 4.39. The molecular weight excluding hydrogens is 376 g/mol. The summed E-state index contributed by atoms with van der Waals surface area (Å²) in [4.78, 5) is 22.3. The molecule has 8 heteroatoms. The van der Waals surface area contributed by atoms with Gasteiger partial charge in [0.1, 0.15) is 22.7 Å². The molecule has 1 amide bonds. The standard InChI is InChI=1S/C20H22N4O3S/c1-26-16-3-2-4-17-18(16)23-20(28-17)24-9-6-13(7-10-24)12-27-14-5-8-22-15(11-14)19(21)25/h2-5,8,11,13H,6-7,9-10,12H2,1H3,(H2,21,25). The summed E-state index contributed by atoms with van der Waals surface area (Å²) in [6.07, 6.45) is 3.60. The lowest BCUT2D eigenvalue weighted by Gasteiger charge is -2.31. The quantitative estimate of drug-likeness (QED) is 0.686. The Labute approximate surface area is 167 Å². The van der Waals surface area contributed by atoms with E-state index in [1.165, 1.54) is 0 Å². The van der Waals surface area contributed by atoms with E-state index >= 15 is 0 Å². The van der Waals surface area contributed by atoms with Gasteiger partial charge < -0.3 is 20.1 Å². The van der Waals surface area contributed by atoms with E-state index in [2.05, 4.69) is 16.0 Å². The van der Waals surface area contributed by atoms with Gasteiger partial charge in [-0.1, -0.05) is 17.4 Å². The number of nitrogens with zero attached hydrogens (tertiary/aromatic N) is 3. The van der Waals surface area contributed by atoms with Crippen molar-refractivity contribution in [3.8, 4) is 11.5 Å². The molecule has 28 heavy (non-hydrogen) atoms. The van der Waals surface area contributed by atoms with Crippen molar-refractivity contribution >= 4 is 32.6 Å². The van der Waals surface area contributed by atoms with Crippen LogP contribution in [-0.4, -0.2) is 42.7 Å². The van der Waals surface area contributed by atoms with Crippen molar-refractivity contribution < 1.29 is 14.3 Å². The molecule has 1 fully saturated rings. The smallest absolute Gasteiger partial charge is 0.267 e. The highest BCUT2D eigenvalue weighted by atomic mass is 32.1. The molecule has 2 N–H and O–H groups in total. The molecule has 0 bridgehead atoms. The van der Waals surface area contributed by atoms with Gasteiger partial charge in [-0.25, -0.2) is 4.98 Å². The van der Waals surface area contributed by atoms with E-state index in [1.807, 2.05) is 12.1 Å². The Morgan fingerprint density at radius 2 is 2.14 bits per heavy atom. The number of rotatable bonds is 6. The van der Waals surface area contributed by atoms with Gasteiger partial charge in [-0.15, -0.1) is 0 Å². The van der Waals surface area contributed by atoms with E-state index in [4.69, 9.17) is 20.2 Å². The first-order chi connectivity index (χ1) is 13.6. The van der Waals surface area contributed by atoms with Gasteiger partial charge in [-0.2, -0.15) is 0 Å². The SMILES string of the molecule is COc1cccc2sc(N3CCC(COc4ccnc(C(N)=O)c4)CC3)nc12. The van der Waals surface area contributed by atoms with Crippen LogP contribution < -0.4 is 20.1 Å². The monoisotopic (exact) mass is 398 g/mol. The number of methoxy groups -OCH3 is 1. The lowest BCUT2D eigenvalue weighted by Crippen LogP contribution is -2.35. The fourth-order valence-electron chi connectivity index (χ4n) is 3.35. The van der Waals surface area contributed by atoms with Gasteiger partial charge in [0.25, 0.3) is 5.91 Å². The molecule has 0 atom stereocenters. The molecule has 4 rings (SSSR count). The number of fused-ring (bicyclic) bond motifs is 1. The number of carbonyl (C=O) groups excluding carboxylic acids is 1. The number of benzene rings is 1. The molecule has 1 aromatic carbocycles. The first-order valence-corrected chi connectivity index (χ1v) is 10.0. The van der Waals surface area contributed by atoms with Gasteiger partial charge in [0.2, 0.25) is 0 Å². The number of amides is 1. The number of ether oxygens (including phenoxy) is 2. The molecule has 1 saturated heterocycles. The van der Waals surface area contributed by atoms with Gasteiger partial charge in [-0.3, -0.25) is 9.78 Å². The van der Waals surface area contributed by atoms with Gasteiger partial charge in [-0.05, 0) is 37.0 Å². The number of aromatic nitrogens is 2. The number of primary amides is 1. The van der Waals surface area contributed by atoms with E-state index in [-0.39, 0.29) is 5.69 Å². The van der Waals surface area contributed by atoms with E-state index < -0.39 is 5.91 Å². The van der Waals surface area contributed by atoms with Crippen molar-refractivity contribution in [3.05, 3.63) is 42.2 Å². The number of carbonyl (C=O) groups is 1. The molecule has 0 saturated carbocycles. The number of para-hydroxylation sites is 1. The fraction of sp³-hybridized carbons (Fsp3) is 0.350. The van der Waals surface area contributed by atoms with Crippen LogP contribution in [0.5, 0.6) is 11.5 Å². The van der Waals surface area contributed by atoms with Crippen LogP contribution in [-0.2, 0) is 0 Å². The summed E-state index contributed by atoms with van der Waals surface area (Å²) in [6.45, 7) is 2.50. The summed E-state index contributed by atoms with van der Waals surface area (Å²) in [6, 6.07) is 9.35. The molecule has 146 valence electrons. The third-order valence-electron chi connectivity index (χ3n) is 4.95. The highest BCUT2D eigenvalue weighted by molar-refractivity contribution is 7.22. The Hall–Kier alpha value is -2.87. The second-order valence-corrected chi connectivity index (χ2v) is 7.80. The van der Waals surface area contributed by atoms with E-state index in [0.717, 1.165) is 47.0 Å². The molecule has 0 aliphatic carbocycles. The molecule has 0 spiro atoms. The molecule has 0 unspecified atom stereocenters. The molecule has 0 radical (unpaired) electrons. The summed E-state index contributed by atoms with van der Waals surface area (Å²) >= 11 is 1.70. The zero-order valence-electron chi connectivity index (χ0n) is 15.6. The highest BCUT2D eigenvalue weighted by Crippen LogP contribution is 2.35. The molecule has 3 heterocycles. The van der Waals surface area contributed by atoms with Crippen LogP contribution in [0.3, 0.4) is 0 Å². The Morgan fingerprint density at radius 1 is 1.32 bits per heavy atom. The lowest BCUT2D eigenvalue weighted by atomic mass is 9.98. The third-order valence-corrected chi connectivity index (χ3v) is 6.03. The Kier molecular flexibility index (Phi) is 5.29. The summed E-state index contributed by atoms with van der Waals surface area (Å²) in [5.41, 5.74) is 6.41. The first-order valence-electron chi connectivity index (χ1n) is 9.21. The van der Waals surface area contributed by atoms with Gasteiger partial charge in [0.15, 0.2) is 5.13 Å². The minimum Gasteiger partial charge on any atom is -0.494 e. The van der Waals surface area contributed by atoms with Crippen LogP contribution >= 0.6 is 11.3 Å². The summed E-state index contributed by atoms with van der Waals surface area (Å²) in [7, 11) is 1.68. The van der Waals surface area contributed by atoms with Crippen LogP contribution in [0.1, 0.15) is 23.3 Å². The van der Waals surface area contributed by atoms with E-state index in [1.54, 1.807) is 36.8 Å². The maximum Gasteiger partial charge on any atom is 0.267 e. The van der Waals surface area contributed by atoms with Crippen molar-refractivity contribution in [1.82, 2.24) is 9.97 Å². The normalized spacial score (nSPS) is 15.0. The predicted octanol–water partition coefficient (Wildman–Crippen LogP) is 3.09. The number of hydrogen-bond donors (Lipinski definition) is 1. The number of anilines is 1. The average molecular weight is 398 g/mol. The Balaban J connectivity index is 1.35. The Morgan fingerprint density at radius 3 is 2.89 bits per heavy atom. The predicted molar refractivity (Wildman–Crippen MR) is 109 cm³/mol. The second kappa shape index (κ2) is 8.02. The minimum absolute atomic E-state index is 0.221.